The van der Waals surface area contributed by atoms with E-state index in [1.165, 1.54) is 38.4 Å². The zero-order valence-electron chi connectivity index (χ0n) is 29.0. The van der Waals surface area contributed by atoms with E-state index >= 15 is 4.39 Å². The number of aliphatic hydroxyl groups is 1. The van der Waals surface area contributed by atoms with E-state index in [1.54, 1.807) is 37.3 Å². The van der Waals surface area contributed by atoms with E-state index in [-0.39, 0.29) is 47.6 Å². The zero-order valence-corrected chi connectivity index (χ0v) is 29.8. The summed E-state index contributed by atoms with van der Waals surface area (Å²) in [4.78, 5) is 38.4. The van der Waals surface area contributed by atoms with Gasteiger partial charge >= 0.3 is 0 Å². The molecule has 0 aliphatic rings. The van der Waals surface area contributed by atoms with Gasteiger partial charge in [-0.3, -0.25) is 19.0 Å². The van der Waals surface area contributed by atoms with Crippen LogP contribution < -0.4 is 15.9 Å². The molecule has 0 saturated carbocycles. The van der Waals surface area contributed by atoms with Gasteiger partial charge in [0.25, 0.3) is 11.1 Å². The summed E-state index contributed by atoms with van der Waals surface area (Å²) in [5.41, 5.74) is 2.11. The molecule has 8 nitrogen and oxygen atoms in total. The van der Waals surface area contributed by atoms with Crippen molar-refractivity contribution in [2.24, 2.45) is 12.5 Å². The Morgan fingerprint density at radius 2 is 1.66 bits per heavy atom. The van der Waals surface area contributed by atoms with E-state index in [0.717, 1.165) is 15.7 Å². The van der Waals surface area contributed by atoms with Crippen molar-refractivity contribution in [2.45, 2.75) is 53.1 Å². The van der Waals surface area contributed by atoms with Crippen LogP contribution in [0.1, 0.15) is 52.9 Å². The second kappa shape index (κ2) is 15.3. The van der Waals surface area contributed by atoms with Crippen molar-refractivity contribution in [1.29, 1.82) is 10.8 Å². The van der Waals surface area contributed by atoms with Crippen LogP contribution in [0.15, 0.2) is 82.9 Å². The van der Waals surface area contributed by atoms with Gasteiger partial charge in [0.2, 0.25) is 5.78 Å². The molecule has 4 aromatic rings. The van der Waals surface area contributed by atoms with Gasteiger partial charge < -0.3 is 20.7 Å². The number of methoxy groups -OCH3 is 1. The van der Waals surface area contributed by atoms with Gasteiger partial charge in [-0.15, -0.1) is 6.58 Å². The summed E-state index contributed by atoms with van der Waals surface area (Å²) in [5.74, 6) is -1.06. The summed E-state index contributed by atoms with van der Waals surface area (Å²) in [5, 5.41) is 27.7. The molecular formula is C40H41ClFN3O5. The lowest BCUT2D eigenvalue weighted by molar-refractivity contribution is 0.0962. The van der Waals surface area contributed by atoms with Crippen molar-refractivity contribution in [3.05, 3.63) is 133 Å². The summed E-state index contributed by atoms with van der Waals surface area (Å²) in [6.45, 7) is 10.7. The fourth-order valence-electron chi connectivity index (χ4n) is 5.99. The highest BCUT2D eigenvalue weighted by molar-refractivity contribution is 6.45. The molecule has 10 heteroatoms. The summed E-state index contributed by atoms with van der Waals surface area (Å²) in [6, 6.07) is 16.6. The molecule has 0 saturated heterocycles. The first-order chi connectivity index (χ1) is 23.5. The molecule has 0 radical (unpaired) electrons. The third-order valence-corrected chi connectivity index (χ3v) is 9.47. The Bertz CT molecular complexity index is 2150. The number of hydrogen-bond donors (Lipinski definition) is 3. The largest absolute Gasteiger partial charge is 0.496 e. The van der Waals surface area contributed by atoms with Crippen LogP contribution in [0, 0.1) is 35.9 Å². The molecule has 0 fully saturated rings. The minimum atomic E-state index is -0.822. The number of Topliss-reactive ketones (excluding diaryl/α,β-unsaturated/α-hetero) is 1. The van der Waals surface area contributed by atoms with Gasteiger partial charge in [0.15, 0.2) is 0 Å². The Labute approximate surface area is 295 Å². The zero-order chi connectivity index (χ0) is 37.1. The number of nitrogens with one attached hydrogen (secondary N) is 2. The van der Waals surface area contributed by atoms with Crippen molar-refractivity contribution in [3.63, 3.8) is 0 Å². The number of carbonyl (C=O) groups excluding carboxylic acids is 1. The van der Waals surface area contributed by atoms with Crippen LogP contribution in [0.2, 0.25) is 5.02 Å². The number of hydrogen-bond acceptors (Lipinski definition) is 7. The molecular weight excluding hydrogens is 657 g/mol. The van der Waals surface area contributed by atoms with Crippen molar-refractivity contribution >= 4 is 28.8 Å². The van der Waals surface area contributed by atoms with Crippen LogP contribution >= 0.6 is 11.6 Å². The van der Waals surface area contributed by atoms with Gasteiger partial charge in [-0.1, -0.05) is 74.0 Å². The Morgan fingerprint density at radius 1 is 1.02 bits per heavy atom. The molecule has 0 bridgehead atoms. The van der Waals surface area contributed by atoms with Gasteiger partial charge in [0, 0.05) is 47.9 Å². The number of ketones is 1. The minimum absolute atomic E-state index is 0.00351. The van der Waals surface area contributed by atoms with Crippen molar-refractivity contribution < 1.29 is 19.0 Å². The minimum Gasteiger partial charge on any atom is -0.496 e. The smallest absolute Gasteiger partial charge is 0.264 e. The average molecular weight is 698 g/mol. The van der Waals surface area contributed by atoms with Crippen LogP contribution in [-0.2, 0) is 19.9 Å². The van der Waals surface area contributed by atoms with Crippen LogP contribution in [0.25, 0.3) is 22.3 Å². The predicted molar refractivity (Wildman–Crippen MR) is 198 cm³/mol. The summed E-state index contributed by atoms with van der Waals surface area (Å²) in [7, 11) is 2.73. The monoisotopic (exact) mass is 697 g/mol. The molecule has 0 spiro atoms. The summed E-state index contributed by atoms with van der Waals surface area (Å²) in [6.07, 6.45) is 0.765. The molecule has 260 valence electrons. The molecule has 0 aliphatic heterocycles. The average Bonchev–Trinajstić information content (AvgIpc) is 3.17. The lowest BCUT2D eigenvalue weighted by Crippen LogP contribution is -2.33. The number of carbonyl (C=O) groups is 1. The number of benzene rings is 3. The molecule has 3 N–H and O–H groups in total. The van der Waals surface area contributed by atoms with E-state index in [4.69, 9.17) is 27.2 Å². The Balaban J connectivity index is 1.66. The first-order valence-corrected chi connectivity index (χ1v) is 16.3. The van der Waals surface area contributed by atoms with E-state index < -0.39 is 34.2 Å². The van der Waals surface area contributed by atoms with Crippen LogP contribution in [0.4, 0.5) is 4.39 Å². The SMILES string of the molecule is C=CC(O)C(C)(C)CC(=N)Cc1c(F)cc(-c2cccc(-c3cccc(CC(=N)C(=O)c4ccc(C)c(=O)n(C)c4=O)c3C)c2Cl)cc1OC. The van der Waals surface area contributed by atoms with Gasteiger partial charge in [0.1, 0.15) is 11.6 Å². The Kier molecular flexibility index (Phi) is 11.6. The van der Waals surface area contributed by atoms with Gasteiger partial charge in [0.05, 0.1) is 29.5 Å². The first kappa shape index (κ1) is 37.8. The van der Waals surface area contributed by atoms with E-state index in [9.17, 15) is 19.5 Å². The molecule has 3 aromatic carbocycles. The number of aromatic nitrogens is 1. The molecule has 0 aliphatic carbocycles. The maximum absolute atomic E-state index is 15.7. The van der Waals surface area contributed by atoms with Crippen molar-refractivity contribution in [2.75, 3.05) is 7.11 Å². The second-order valence-electron chi connectivity index (χ2n) is 13.1. The molecule has 1 unspecified atom stereocenters. The molecule has 1 heterocycles. The number of halogens is 2. The Morgan fingerprint density at radius 3 is 2.32 bits per heavy atom. The molecule has 4 rings (SSSR count). The van der Waals surface area contributed by atoms with Gasteiger partial charge in [-0.2, -0.15) is 0 Å². The van der Waals surface area contributed by atoms with Gasteiger partial charge in [-0.05, 0) is 66.1 Å². The molecule has 1 aromatic heterocycles. The summed E-state index contributed by atoms with van der Waals surface area (Å²) >= 11 is 7.01. The highest BCUT2D eigenvalue weighted by Crippen LogP contribution is 2.40. The Hall–Kier alpha value is -4.99. The van der Waals surface area contributed by atoms with Crippen LogP contribution in [-0.4, -0.2) is 40.1 Å². The maximum Gasteiger partial charge on any atom is 0.264 e. The van der Waals surface area contributed by atoms with Crippen molar-refractivity contribution in [1.82, 2.24) is 4.57 Å². The highest BCUT2D eigenvalue weighted by atomic mass is 35.5. The molecule has 50 heavy (non-hydrogen) atoms. The normalized spacial score (nSPS) is 11.9. The number of ether oxygens (including phenoxy) is 1. The fraction of sp³-hybridized carbons (Fsp3) is 0.275. The maximum atomic E-state index is 15.7. The lowest BCUT2D eigenvalue weighted by Gasteiger charge is -2.28. The number of aryl methyl sites for hydroxylation is 1. The molecule has 0 amide bonds. The molecule has 1 atom stereocenters. The van der Waals surface area contributed by atoms with Crippen molar-refractivity contribution in [3.8, 4) is 28.0 Å². The number of aliphatic hydroxyl groups excluding tert-OH is 1. The third-order valence-electron chi connectivity index (χ3n) is 9.07. The lowest BCUT2D eigenvalue weighted by atomic mass is 9.80. The second-order valence-corrected chi connectivity index (χ2v) is 13.5. The van der Waals surface area contributed by atoms with E-state index in [2.05, 4.69) is 6.58 Å². The number of rotatable bonds is 13. The van der Waals surface area contributed by atoms with E-state index in [1.807, 2.05) is 32.9 Å². The topological polar surface area (TPSA) is 133 Å². The van der Waals surface area contributed by atoms with Crippen LogP contribution in [0.5, 0.6) is 5.75 Å². The first-order valence-electron chi connectivity index (χ1n) is 16.0. The highest BCUT2D eigenvalue weighted by Gasteiger charge is 2.28. The number of nitrogens with zero attached hydrogens (tertiary/aromatic N) is 1. The third kappa shape index (κ3) is 7.74. The van der Waals surface area contributed by atoms with Gasteiger partial charge in [-0.25, -0.2) is 4.39 Å². The summed E-state index contributed by atoms with van der Waals surface area (Å²) < 4.78 is 22.2. The van der Waals surface area contributed by atoms with Crippen LogP contribution in [0.3, 0.4) is 0 Å². The standard InChI is InChI=1S/C40H41ClFN3O5/c1-8-35(46)40(4,5)21-26(43)20-31-32(42)17-25(19-34(31)50-7)28-13-10-14-29(36(28)41)27-12-9-11-24(23(27)3)18-33(44)37(47)30-16-15-22(2)38(48)45(6)39(30)49/h8-17,19,35,43-44,46H,1,18,20-21H2,2-7H3. The van der Waals surface area contributed by atoms with E-state index in [0.29, 0.717) is 32.8 Å². The quantitative estimate of drug-likeness (QED) is 0.0758. The fourth-order valence-corrected chi connectivity index (χ4v) is 6.33. The predicted octanol–water partition coefficient (Wildman–Crippen LogP) is 7.47.